The average Bonchev–Trinajstić information content (AvgIpc) is 2.76. The molecular weight excluding hydrogens is 232 g/mol. The molecule has 0 aliphatic carbocycles. The molecule has 0 aromatic carbocycles. The van der Waals surface area contributed by atoms with Crippen LogP contribution in [0.15, 0.2) is 23.6 Å². The standard InChI is InChI=1S/C7H10N6O2S/c1-13-4-9-6(8)7(13)16(14,15)12-5-2-3-10-11-5/h2-4H,8H2,1H3,(H2,10,11,12). The topological polar surface area (TPSA) is 119 Å². The maximum absolute atomic E-state index is 11.9. The SMILES string of the molecule is Cn1cnc(N)c1S(=O)(=O)Nc1ccn[nH]1. The van der Waals surface area contributed by atoms with Crippen LogP contribution in [0.5, 0.6) is 0 Å². The molecular formula is C7H10N6O2S. The summed E-state index contributed by atoms with van der Waals surface area (Å²) in [4.78, 5) is 3.71. The molecule has 0 saturated heterocycles. The number of aromatic nitrogens is 4. The van der Waals surface area contributed by atoms with Gasteiger partial charge in [0.05, 0.1) is 12.5 Å². The van der Waals surface area contributed by atoms with Crippen LogP contribution in [-0.4, -0.2) is 28.2 Å². The van der Waals surface area contributed by atoms with Crippen LogP contribution in [0, 0.1) is 0 Å². The van der Waals surface area contributed by atoms with Crippen LogP contribution in [0.2, 0.25) is 0 Å². The summed E-state index contributed by atoms with van der Waals surface area (Å²) in [6, 6.07) is 1.49. The summed E-state index contributed by atoms with van der Waals surface area (Å²) in [6.07, 6.45) is 2.77. The number of hydrogen-bond acceptors (Lipinski definition) is 5. The number of sulfonamides is 1. The quantitative estimate of drug-likeness (QED) is 0.672. The second kappa shape index (κ2) is 3.52. The Morgan fingerprint density at radius 2 is 2.31 bits per heavy atom. The van der Waals surface area contributed by atoms with Gasteiger partial charge in [0.1, 0.15) is 5.82 Å². The molecule has 0 spiro atoms. The van der Waals surface area contributed by atoms with E-state index in [2.05, 4.69) is 19.9 Å². The molecule has 0 bridgehead atoms. The van der Waals surface area contributed by atoms with E-state index >= 15 is 0 Å². The van der Waals surface area contributed by atoms with Crippen LogP contribution < -0.4 is 10.5 Å². The first-order valence-electron chi connectivity index (χ1n) is 4.29. The molecule has 0 radical (unpaired) electrons. The largest absolute Gasteiger partial charge is 0.381 e. The van der Waals surface area contributed by atoms with Crippen molar-refractivity contribution < 1.29 is 8.42 Å². The summed E-state index contributed by atoms with van der Waals surface area (Å²) in [5, 5.41) is 6.03. The van der Waals surface area contributed by atoms with Crippen LogP contribution in [0.3, 0.4) is 0 Å². The maximum Gasteiger partial charge on any atom is 0.282 e. The zero-order valence-electron chi connectivity index (χ0n) is 8.38. The molecule has 2 heterocycles. The van der Waals surface area contributed by atoms with Crippen molar-refractivity contribution in [2.75, 3.05) is 10.5 Å². The molecule has 4 N–H and O–H groups in total. The Balaban J connectivity index is 2.40. The van der Waals surface area contributed by atoms with Gasteiger partial charge in [0.15, 0.2) is 10.8 Å². The van der Waals surface area contributed by atoms with Crippen molar-refractivity contribution >= 4 is 21.7 Å². The lowest BCUT2D eigenvalue weighted by Crippen LogP contribution is -2.17. The summed E-state index contributed by atoms with van der Waals surface area (Å²) in [7, 11) is -2.20. The van der Waals surface area contributed by atoms with Crippen LogP contribution in [-0.2, 0) is 17.1 Å². The third kappa shape index (κ3) is 1.72. The Bertz CT molecular complexity index is 565. The zero-order chi connectivity index (χ0) is 11.8. The second-order valence-corrected chi connectivity index (χ2v) is 4.72. The van der Waals surface area contributed by atoms with Gasteiger partial charge >= 0.3 is 0 Å². The number of hydrogen-bond donors (Lipinski definition) is 3. The lowest BCUT2D eigenvalue weighted by Gasteiger charge is -2.06. The van der Waals surface area contributed by atoms with Crippen molar-refractivity contribution in [1.82, 2.24) is 19.7 Å². The van der Waals surface area contributed by atoms with E-state index in [9.17, 15) is 8.42 Å². The van der Waals surface area contributed by atoms with E-state index in [-0.39, 0.29) is 16.7 Å². The number of anilines is 2. The van der Waals surface area contributed by atoms with Gasteiger partial charge in [0.2, 0.25) is 0 Å². The van der Waals surface area contributed by atoms with E-state index in [4.69, 9.17) is 5.73 Å². The Kier molecular flexibility index (Phi) is 2.31. The van der Waals surface area contributed by atoms with E-state index < -0.39 is 10.0 Å². The smallest absolute Gasteiger partial charge is 0.282 e. The molecule has 8 nitrogen and oxygen atoms in total. The highest BCUT2D eigenvalue weighted by atomic mass is 32.2. The lowest BCUT2D eigenvalue weighted by molar-refractivity contribution is 0.591. The molecule has 16 heavy (non-hydrogen) atoms. The molecule has 86 valence electrons. The van der Waals surface area contributed by atoms with Gasteiger partial charge in [-0.25, -0.2) is 4.98 Å². The highest BCUT2D eigenvalue weighted by Gasteiger charge is 2.22. The Morgan fingerprint density at radius 3 is 2.81 bits per heavy atom. The molecule has 0 fully saturated rings. The minimum absolute atomic E-state index is 0.0467. The van der Waals surface area contributed by atoms with Gasteiger partial charge in [-0.2, -0.15) is 13.5 Å². The Hall–Kier alpha value is -2.03. The lowest BCUT2D eigenvalue weighted by atomic mass is 10.7. The number of nitrogens with zero attached hydrogens (tertiary/aromatic N) is 3. The molecule has 0 aliphatic heterocycles. The molecule has 0 atom stereocenters. The second-order valence-electron chi connectivity index (χ2n) is 3.12. The molecule has 9 heteroatoms. The van der Waals surface area contributed by atoms with Crippen molar-refractivity contribution in [3.05, 3.63) is 18.6 Å². The third-order valence-electron chi connectivity index (χ3n) is 1.91. The van der Waals surface area contributed by atoms with Crippen LogP contribution in [0.4, 0.5) is 11.6 Å². The van der Waals surface area contributed by atoms with Gasteiger partial charge in [-0.15, -0.1) is 0 Å². The number of imidazole rings is 1. The number of aryl methyl sites for hydroxylation is 1. The normalized spacial score (nSPS) is 11.6. The summed E-state index contributed by atoms with van der Waals surface area (Å²) >= 11 is 0. The van der Waals surface area contributed by atoms with E-state index in [0.29, 0.717) is 0 Å². The number of H-pyrrole nitrogens is 1. The van der Waals surface area contributed by atoms with E-state index in [1.807, 2.05) is 0 Å². The number of nitrogen functional groups attached to an aromatic ring is 1. The van der Waals surface area contributed by atoms with E-state index in [1.165, 1.54) is 23.2 Å². The fraction of sp³-hybridized carbons (Fsp3) is 0.143. The number of aromatic amines is 1. The van der Waals surface area contributed by atoms with Gasteiger partial charge in [-0.05, 0) is 0 Å². The molecule has 0 amide bonds. The van der Waals surface area contributed by atoms with Gasteiger partial charge in [0.25, 0.3) is 10.0 Å². The summed E-state index contributed by atoms with van der Waals surface area (Å²) in [5.74, 6) is 0.218. The predicted octanol–water partition coefficient (Wildman–Crippen LogP) is -0.474. The van der Waals surface area contributed by atoms with Gasteiger partial charge < -0.3 is 10.3 Å². The van der Waals surface area contributed by atoms with Crippen molar-refractivity contribution in [2.45, 2.75) is 5.03 Å². The first-order valence-corrected chi connectivity index (χ1v) is 5.78. The highest BCUT2D eigenvalue weighted by molar-refractivity contribution is 7.92. The number of rotatable bonds is 3. The summed E-state index contributed by atoms with van der Waals surface area (Å²) < 4.78 is 27.4. The van der Waals surface area contributed by atoms with E-state index in [0.717, 1.165) is 0 Å². The van der Waals surface area contributed by atoms with E-state index in [1.54, 1.807) is 7.05 Å². The highest BCUT2D eigenvalue weighted by Crippen LogP contribution is 2.18. The molecule has 0 aliphatic rings. The predicted molar refractivity (Wildman–Crippen MR) is 57.0 cm³/mol. The first-order chi connectivity index (χ1) is 7.50. The molecule has 2 aromatic rings. The third-order valence-corrected chi connectivity index (χ3v) is 3.40. The number of nitrogens with two attached hydrogens (primary N) is 1. The Morgan fingerprint density at radius 1 is 1.56 bits per heavy atom. The Labute approximate surface area is 91.5 Å². The van der Waals surface area contributed by atoms with Crippen molar-refractivity contribution in [1.29, 1.82) is 0 Å². The summed E-state index contributed by atoms with van der Waals surface area (Å²) in [5.41, 5.74) is 5.48. The molecule has 2 rings (SSSR count). The van der Waals surface area contributed by atoms with Crippen LogP contribution in [0.1, 0.15) is 0 Å². The average molecular weight is 242 g/mol. The van der Waals surface area contributed by atoms with Gasteiger partial charge in [-0.3, -0.25) is 9.82 Å². The summed E-state index contributed by atoms with van der Waals surface area (Å²) in [6.45, 7) is 0. The zero-order valence-corrected chi connectivity index (χ0v) is 9.19. The van der Waals surface area contributed by atoms with Gasteiger partial charge in [-0.1, -0.05) is 0 Å². The molecule has 2 aromatic heterocycles. The maximum atomic E-state index is 11.9. The number of nitrogens with one attached hydrogen (secondary N) is 2. The molecule has 0 saturated carbocycles. The van der Waals surface area contributed by atoms with Crippen molar-refractivity contribution in [3.8, 4) is 0 Å². The van der Waals surface area contributed by atoms with Crippen LogP contribution in [0.25, 0.3) is 0 Å². The molecule has 0 unspecified atom stereocenters. The van der Waals surface area contributed by atoms with Crippen molar-refractivity contribution in [2.24, 2.45) is 7.05 Å². The minimum Gasteiger partial charge on any atom is -0.381 e. The monoisotopic (exact) mass is 242 g/mol. The fourth-order valence-electron chi connectivity index (χ4n) is 1.27. The van der Waals surface area contributed by atoms with Gasteiger partial charge in [0, 0.05) is 13.1 Å². The fourth-order valence-corrected chi connectivity index (χ4v) is 2.52. The van der Waals surface area contributed by atoms with Crippen molar-refractivity contribution in [3.63, 3.8) is 0 Å². The minimum atomic E-state index is -3.75. The van der Waals surface area contributed by atoms with Crippen LogP contribution >= 0.6 is 0 Å². The first kappa shape index (κ1) is 10.5.